The number of halogens is 1. The highest BCUT2D eigenvalue weighted by Crippen LogP contribution is 2.21. The first-order chi connectivity index (χ1) is 4.93. The maximum absolute atomic E-state index is 4.92. The maximum atomic E-state index is 4.92. The Bertz CT molecular complexity index is 110. The minimum atomic E-state index is 0.604. The van der Waals surface area contributed by atoms with Crippen molar-refractivity contribution in [2.45, 2.75) is 32.1 Å². The Morgan fingerprint density at radius 1 is 1.30 bits per heavy atom. The zero-order valence-corrected chi connectivity index (χ0v) is 6.68. The molecule has 1 aliphatic carbocycles. The normalized spacial score (nSPS) is 21.7. The lowest BCUT2D eigenvalue weighted by Crippen LogP contribution is -2.06. The molecule has 0 aliphatic heterocycles. The lowest BCUT2D eigenvalue weighted by molar-refractivity contribution is 0.370. The molecule has 0 atom stereocenters. The van der Waals surface area contributed by atoms with Gasteiger partial charge in [-0.05, 0) is 18.8 Å². The van der Waals surface area contributed by atoms with Crippen LogP contribution >= 0.6 is 11.9 Å². The number of nitrogens with zero attached hydrogens (tertiary/aromatic N) is 1. The molecule has 1 rings (SSSR count). The summed E-state index contributed by atoms with van der Waals surface area (Å²) in [5, 5.41) is 3.54. The number of hydrogen-bond acceptors (Lipinski definition) is 2. The highest BCUT2D eigenvalue weighted by Gasteiger charge is 2.10. The molecule has 1 saturated carbocycles. The van der Waals surface area contributed by atoms with Gasteiger partial charge in [0.2, 0.25) is 0 Å². The molecule has 0 amide bonds. The van der Waals surface area contributed by atoms with Crippen molar-refractivity contribution in [1.29, 1.82) is 0 Å². The number of hydrogen-bond donors (Lipinski definition) is 0. The summed E-state index contributed by atoms with van der Waals surface area (Å²) in [4.78, 5) is 0. The van der Waals surface area contributed by atoms with E-state index in [-0.39, 0.29) is 0 Å². The summed E-state index contributed by atoms with van der Waals surface area (Å²) in [6.07, 6.45) is 8.30. The van der Waals surface area contributed by atoms with E-state index in [0.717, 1.165) is 0 Å². The van der Waals surface area contributed by atoms with Gasteiger partial charge in [0, 0.05) is 6.21 Å². The van der Waals surface area contributed by atoms with E-state index in [9.17, 15) is 0 Å². The zero-order chi connectivity index (χ0) is 7.23. The van der Waals surface area contributed by atoms with Gasteiger partial charge in [0.1, 0.15) is 0 Å². The number of rotatable bonds is 2. The molecule has 0 unspecified atom stereocenters. The molecule has 1 aliphatic rings. The van der Waals surface area contributed by atoms with Gasteiger partial charge in [-0.15, -0.1) is 0 Å². The first-order valence-corrected chi connectivity index (χ1v) is 4.05. The molecule has 1 fully saturated rings. The molecule has 0 aromatic carbocycles. The second kappa shape index (κ2) is 4.56. The van der Waals surface area contributed by atoms with Gasteiger partial charge in [-0.2, -0.15) is 0 Å². The molecule has 0 bridgehead atoms. The van der Waals surface area contributed by atoms with E-state index < -0.39 is 0 Å². The van der Waals surface area contributed by atoms with Crippen LogP contribution < -0.4 is 0 Å². The molecule has 0 radical (unpaired) electrons. The number of oxime groups is 1. The van der Waals surface area contributed by atoms with Crippen LogP contribution in [-0.4, -0.2) is 6.21 Å². The Balaban J connectivity index is 2.19. The van der Waals surface area contributed by atoms with E-state index in [1.165, 1.54) is 32.1 Å². The molecule has 10 heavy (non-hydrogen) atoms. The smallest absolute Gasteiger partial charge is 0.167 e. The first kappa shape index (κ1) is 7.86. The van der Waals surface area contributed by atoms with Crippen LogP contribution in [0, 0.1) is 5.92 Å². The average molecular weight is 162 g/mol. The molecular weight excluding hydrogens is 150 g/mol. The summed E-state index contributed by atoms with van der Waals surface area (Å²) >= 11 is 4.92. The summed E-state index contributed by atoms with van der Waals surface area (Å²) in [5.74, 6) is 0.604. The minimum absolute atomic E-state index is 0.604. The van der Waals surface area contributed by atoms with Gasteiger partial charge < -0.3 is 0 Å². The van der Waals surface area contributed by atoms with Crippen molar-refractivity contribution in [3.63, 3.8) is 0 Å². The Morgan fingerprint density at radius 3 is 2.60 bits per heavy atom. The Morgan fingerprint density at radius 2 is 2.00 bits per heavy atom. The van der Waals surface area contributed by atoms with Crippen LogP contribution in [0.15, 0.2) is 5.16 Å². The fourth-order valence-corrected chi connectivity index (χ4v) is 1.44. The van der Waals surface area contributed by atoms with Crippen LogP contribution in [0.5, 0.6) is 0 Å². The maximum Gasteiger partial charge on any atom is 0.167 e. The van der Waals surface area contributed by atoms with Crippen LogP contribution in [0.25, 0.3) is 0 Å². The summed E-state index contributed by atoms with van der Waals surface area (Å²) in [7, 11) is 0. The van der Waals surface area contributed by atoms with E-state index in [4.69, 9.17) is 11.9 Å². The topological polar surface area (TPSA) is 21.6 Å². The summed E-state index contributed by atoms with van der Waals surface area (Å²) in [6, 6.07) is 0. The Labute approximate surface area is 66.4 Å². The van der Waals surface area contributed by atoms with Gasteiger partial charge in [0.15, 0.2) is 11.9 Å². The highest BCUT2D eigenvalue weighted by molar-refractivity contribution is 6.07. The predicted molar refractivity (Wildman–Crippen MR) is 42.0 cm³/mol. The third-order valence-corrected chi connectivity index (χ3v) is 2.04. The molecule has 0 N–H and O–H groups in total. The van der Waals surface area contributed by atoms with E-state index in [1.807, 2.05) is 6.21 Å². The largest absolute Gasteiger partial charge is 0.278 e. The molecule has 0 heterocycles. The summed E-state index contributed by atoms with van der Waals surface area (Å²) in [5.41, 5.74) is 0. The molecule has 2 nitrogen and oxygen atoms in total. The molecule has 58 valence electrons. The van der Waals surface area contributed by atoms with E-state index >= 15 is 0 Å². The van der Waals surface area contributed by atoms with E-state index in [2.05, 4.69) is 9.55 Å². The van der Waals surface area contributed by atoms with Gasteiger partial charge in [-0.25, -0.2) is 0 Å². The second-order valence-electron chi connectivity index (χ2n) is 2.72. The Kier molecular flexibility index (Phi) is 3.58. The SMILES string of the molecule is ClO/N=C/C1CCCCC1. The van der Waals surface area contributed by atoms with Crippen molar-refractivity contribution in [3.8, 4) is 0 Å². The van der Waals surface area contributed by atoms with Crippen LogP contribution in [0.2, 0.25) is 0 Å². The van der Waals surface area contributed by atoms with Crippen molar-refractivity contribution in [1.82, 2.24) is 0 Å². The van der Waals surface area contributed by atoms with Crippen molar-refractivity contribution >= 4 is 18.1 Å². The quantitative estimate of drug-likeness (QED) is 0.451. The third-order valence-electron chi connectivity index (χ3n) is 1.96. The summed E-state index contributed by atoms with van der Waals surface area (Å²) in [6.45, 7) is 0. The van der Waals surface area contributed by atoms with Crippen LogP contribution in [0.3, 0.4) is 0 Å². The van der Waals surface area contributed by atoms with Gasteiger partial charge in [0.25, 0.3) is 0 Å². The average Bonchev–Trinajstić information content (AvgIpc) is 2.03. The predicted octanol–water partition coefficient (Wildman–Crippen LogP) is 2.72. The monoisotopic (exact) mass is 161 g/mol. The van der Waals surface area contributed by atoms with Gasteiger partial charge in [0.05, 0.1) is 0 Å². The van der Waals surface area contributed by atoms with Crippen molar-refractivity contribution < 1.29 is 4.39 Å². The van der Waals surface area contributed by atoms with Crippen LogP contribution in [0.4, 0.5) is 0 Å². The highest BCUT2D eigenvalue weighted by atomic mass is 35.5. The standard InChI is InChI=1S/C7H12ClNO/c8-10-9-6-7-4-2-1-3-5-7/h6-7H,1-5H2/b9-6+. The van der Waals surface area contributed by atoms with E-state index in [0.29, 0.717) is 5.92 Å². The van der Waals surface area contributed by atoms with Crippen molar-refractivity contribution in [2.75, 3.05) is 0 Å². The fraction of sp³-hybridized carbons (Fsp3) is 0.857. The third kappa shape index (κ3) is 2.56. The lowest BCUT2D eigenvalue weighted by atomic mass is 9.90. The molecule has 0 saturated heterocycles. The molecule has 3 heteroatoms. The Hall–Kier alpha value is -0.240. The van der Waals surface area contributed by atoms with E-state index in [1.54, 1.807) is 0 Å². The van der Waals surface area contributed by atoms with Crippen molar-refractivity contribution in [3.05, 3.63) is 0 Å². The van der Waals surface area contributed by atoms with Crippen LogP contribution in [0.1, 0.15) is 32.1 Å². The van der Waals surface area contributed by atoms with Gasteiger partial charge in [-0.1, -0.05) is 24.4 Å². The van der Waals surface area contributed by atoms with Gasteiger partial charge in [-0.3, -0.25) is 4.39 Å². The first-order valence-electron chi connectivity index (χ1n) is 3.74. The van der Waals surface area contributed by atoms with Crippen molar-refractivity contribution in [2.24, 2.45) is 11.1 Å². The molecular formula is C7H12ClNO. The van der Waals surface area contributed by atoms with Crippen LogP contribution in [-0.2, 0) is 4.39 Å². The molecule has 0 spiro atoms. The lowest BCUT2D eigenvalue weighted by Gasteiger charge is -2.15. The minimum Gasteiger partial charge on any atom is -0.278 e. The molecule has 0 aromatic rings. The summed E-state index contributed by atoms with van der Waals surface area (Å²) < 4.78 is 4.09. The van der Waals surface area contributed by atoms with Gasteiger partial charge >= 0.3 is 0 Å². The zero-order valence-electron chi connectivity index (χ0n) is 5.92. The molecule has 0 aromatic heterocycles. The fourth-order valence-electron chi connectivity index (χ4n) is 1.39. The second-order valence-corrected chi connectivity index (χ2v) is 2.86.